The summed E-state index contributed by atoms with van der Waals surface area (Å²) in [4.78, 5) is 16.3. The normalized spacial score (nSPS) is 10.6. The summed E-state index contributed by atoms with van der Waals surface area (Å²) in [5, 5.41) is 4.21. The van der Waals surface area contributed by atoms with E-state index in [1.165, 1.54) is 30.8 Å². The molecule has 0 unspecified atom stereocenters. The van der Waals surface area contributed by atoms with Gasteiger partial charge in [0, 0.05) is 18.0 Å². The zero-order chi connectivity index (χ0) is 15.5. The smallest absolute Gasteiger partial charge is 0.265 e. The van der Waals surface area contributed by atoms with E-state index in [1.807, 2.05) is 12.1 Å². The van der Waals surface area contributed by atoms with E-state index in [9.17, 15) is 9.30 Å². The lowest BCUT2D eigenvalue weighted by atomic mass is 10.1. The molecule has 0 aliphatic rings. The molecular formula is C16H13FN4O+. The summed E-state index contributed by atoms with van der Waals surface area (Å²) in [5.74, 6) is -0.0667. The minimum absolute atomic E-state index is 0.276. The highest BCUT2D eigenvalue weighted by molar-refractivity contribution is 5.70. The van der Waals surface area contributed by atoms with Crippen molar-refractivity contribution in [2.45, 2.75) is 0 Å². The molecule has 22 heavy (non-hydrogen) atoms. The highest BCUT2D eigenvalue weighted by Gasteiger charge is 2.25. The SMILES string of the molecule is Cn1cc(-c2ccncc2)c([N+](=O)[CH]c2ccc(F)cc2)n1. The molecule has 0 saturated heterocycles. The van der Waals surface area contributed by atoms with Crippen LogP contribution in [0.3, 0.4) is 0 Å². The van der Waals surface area contributed by atoms with Crippen molar-refractivity contribution < 1.29 is 9.15 Å². The molecule has 0 aliphatic heterocycles. The molecule has 5 nitrogen and oxygen atoms in total. The third kappa shape index (κ3) is 2.90. The van der Waals surface area contributed by atoms with Gasteiger partial charge in [-0.3, -0.25) is 4.98 Å². The largest absolute Gasteiger partial charge is 0.395 e. The van der Waals surface area contributed by atoms with Crippen LogP contribution >= 0.6 is 0 Å². The van der Waals surface area contributed by atoms with Gasteiger partial charge in [0.05, 0.1) is 18.3 Å². The Balaban J connectivity index is 1.91. The second-order valence-electron chi connectivity index (χ2n) is 4.78. The van der Waals surface area contributed by atoms with Gasteiger partial charge in [-0.05, 0) is 34.6 Å². The van der Waals surface area contributed by atoms with Crippen molar-refractivity contribution in [2.24, 2.45) is 7.05 Å². The summed E-state index contributed by atoms with van der Waals surface area (Å²) < 4.78 is 15.2. The van der Waals surface area contributed by atoms with Crippen LogP contribution in [-0.2, 0) is 7.05 Å². The Morgan fingerprint density at radius 3 is 2.50 bits per heavy atom. The maximum Gasteiger partial charge on any atom is 0.395 e. The van der Waals surface area contributed by atoms with Gasteiger partial charge in [0.15, 0.2) is 0 Å². The van der Waals surface area contributed by atoms with E-state index < -0.39 is 0 Å². The van der Waals surface area contributed by atoms with Gasteiger partial charge in [-0.1, -0.05) is 17.0 Å². The Morgan fingerprint density at radius 2 is 1.82 bits per heavy atom. The van der Waals surface area contributed by atoms with Gasteiger partial charge >= 0.3 is 5.82 Å². The molecule has 109 valence electrons. The van der Waals surface area contributed by atoms with E-state index in [0.29, 0.717) is 15.9 Å². The molecule has 0 spiro atoms. The molecule has 0 saturated carbocycles. The van der Waals surface area contributed by atoms with Crippen molar-refractivity contribution in [2.75, 3.05) is 0 Å². The van der Waals surface area contributed by atoms with Crippen LogP contribution in [0.2, 0.25) is 0 Å². The number of hydrogen-bond acceptors (Lipinski definition) is 3. The zero-order valence-corrected chi connectivity index (χ0v) is 11.8. The molecule has 0 bridgehead atoms. The highest BCUT2D eigenvalue weighted by Crippen LogP contribution is 2.29. The quantitative estimate of drug-likeness (QED) is 0.694. The van der Waals surface area contributed by atoms with Crippen molar-refractivity contribution in [3.8, 4) is 11.1 Å². The standard InChI is InChI=1S/C16H13FN4O/c1-20-11-15(13-6-8-18-9-7-13)16(19-20)21(22)10-12-2-4-14(17)5-3-12/h2-11H,1H3/q+1. The van der Waals surface area contributed by atoms with Gasteiger partial charge in [0.25, 0.3) is 0 Å². The van der Waals surface area contributed by atoms with Crippen LogP contribution in [-0.4, -0.2) is 19.5 Å². The van der Waals surface area contributed by atoms with Gasteiger partial charge in [0.1, 0.15) is 11.4 Å². The van der Waals surface area contributed by atoms with E-state index >= 15 is 0 Å². The fourth-order valence-electron chi connectivity index (χ4n) is 2.12. The van der Waals surface area contributed by atoms with Gasteiger partial charge in [0.2, 0.25) is 6.54 Å². The predicted octanol–water partition coefficient (Wildman–Crippen LogP) is 3.24. The van der Waals surface area contributed by atoms with Crippen LogP contribution in [0, 0.1) is 17.3 Å². The monoisotopic (exact) mass is 296 g/mol. The van der Waals surface area contributed by atoms with Crippen LogP contribution in [0.1, 0.15) is 5.56 Å². The molecule has 6 heteroatoms. The van der Waals surface area contributed by atoms with Gasteiger partial charge in [-0.15, -0.1) is 0 Å². The van der Waals surface area contributed by atoms with Crippen molar-refractivity contribution in [3.05, 3.63) is 77.8 Å². The second-order valence-corrected chi connectivity index (χ2v) is 4.78. The second kappa shape index (κ2) is 5.85. The van der Waals surface area contributed by atoms with Crippen LogP contribution in [0.25, 0.3) is 11.1 Å². The number of nitroso groups, excluding NO2 is 1. The summed E-state index contributed by atoms with van der Waals surface area (Å²) in [6.45, 7) is 1.37. The first-order valence-corrected chi connectivity index (χ1v) is 6.64. The van der Waals surface area contributed by atoms with E-state index in [-0.39, 0.29) is 11.6 Å². The van der Waals surface area contributed by atoms with Crippen LogP contribution in [0.5, 0.6) is 0 Å². The van der Waals surface area contributed by atoms with Gasteiger partial charge in [-0.2, -0.15) is 4.68 Å². The van der Waals surface area contributed by atoms with E-state index in [2.05, 4.69) is 10.1 Å². The lowest BCUT2D eigenvalue weighted by Gasteiger charge is -1.98. The first-order valence-electron chi connectivity index (χ1n) is 6.64. The zero-order valence-electron chi connectivity index (χ0n) is 11.8. The van der Waals surface area contributed by atoms with Crippen molar-refractivity contribution >= 4 is 5.82 Å². The summed E-state index contributed by atoms with van der Waals surface area (Å²) >= 11 is 0. The van der Waals surface area contributed by atoms with Crippen LogP contribution < -0.4 is 0 Å². The Kier molecular flexibility index (Phi) is 3.74. The topological polar surface area (TPSA) is 50.8 Å². The minimum atomic E-state index is -0.343. The summed E-state index contributed by atoms with van der Waals surface area (Å²) in [6, 6.07) is 9.31. The average molecular weight is 296 g/mol. The lowest BCUT2D eigenvalue weighted by molar-refractivity contribution is -0.415. The first-order chi connectivity index (χ1) is 10.6. The molecule has 0 atom stereocenters. The Hall–Kier alpha value is -2.89. The van der Waals surface area contributed by atoms with Crippen molar-refractivity contribution in [1.29, 1.82) is 0 Å². The summed E-state index contributed by atoms with van der Waals surface area (Å²) in [5.41, 5.74) is 2.16. The van der Waals surface area contributed by atoms with Gasteiger partial charge < -0.3 is 0 Å². The molecule has 2 heterocycles. The molecule has 1 radical (unpaired) electrons. The molecule has 0 amide bonds. The molecule has 2 aromatic heterocycles. The fourth-order valence-corrected chi connectivity index (χ4v) is 2.12. The third-order valence-electron chi connectivity index (χ3n) is 3.15. The number of aryl methyl sites for hydroxylation is 1. The van der Waals surface area contributed by atoms with Crippen molar-refractivity contribution in [1.82, 2.24) is 14.8 Å². The maximum absolute atomic E-state index is 12.9. The number of nitrogens with zero attached hydrogens (tertiary/aromatic N) is 4. The summed E-state index contributed by atoms with van der Waals surface area (Å²) in [7, 11) is 1.75. The number of hydrogen-bond donors (Lipinski definition) is 0. The minimum Gasteiger partial charge on any atom is -0.265 e. The van der Waals surface area contributed by atoms with E-state index in [4.69, 9.17) is 0 Å². The fraction of sp³-hybridized carbons (Fsp3) is 0.0625. The Bertz CT molecular complexity index is 797. The number of pyridine rings is 1. The highest BCUT2D eigenvalue weighted by atomic mass is 19.1. The number of rotatable bonds is 4. The summed E-state index contributed by atoms with van der Waals surface area (Å²) in [6.07, 6.45) is 5.09. The first kappa shape index (κ1) is 14.1. The molecule has 0 aliphatic carbocycles. The van der Waals surface area contributed by atoms with E-state index in [1.54, 1.807) is 30.3 Å². The number of halogens is 1. The molecule has 1 aromatic carbocycles. The maximum atomic E-state index is 12.9. The number of aromatic nitrogens is 3. The van der Waals surface area contributed by atoms with Crippen LogP contribution in [0.15, 0.2) is 55.0 Å². The molecule has 0 fully saturated rings. The number of benzene rings is 1. The molecule has 3 rings (SSSR count). The lowest BCUT2D eigenvalue weighted by Crippen LogP contribution is -2.01. The predicted molar refractivity (Wildman–Crippen MR) is 79.5 cm³/mol. The third-order valence-corrected chi connectivity index (χ3v) is 3.15. The molecular weight excluding hydrogens is 283 g/mol. The molecule has 0 N–H and O–H groups in total. The van der Waals surface area contributed by atoms with Gasteiger partial charge in [-0.25, -0.2) is 4.39 Å². The van der Waals surface area contributed by atoms with E-state index in [0.717, 1.165) is 5.56 Å². The molecule has 3 aromatic rings. The van der Waals surface area contributed by atoms with Crippen LogP contribution in [0.4, 0.5) is 10.2 Å². The average Bonchev–Trinajstić information content (AvgIpc) is 2.92. The van der Waals surface area contributed by atoms with Crippen molar-refractivity contribution in [3.63, 3.8) is 0 Å². The Morgan fingerprint density at radius 1 is 1.14 bits per heavy atom. The Labute approximate surface area is 126 Å².